The lowest BCUT2D eigenvalue weighted by Gasteiger charge is -2.22. The Morgan fingerprint density at radius 3 is 2.62 bits per heavy atom. The number of nitrogens with zero attached hydrogens (tertiary/aromatic N) is 2. The summed E-state index contributed by atoms with van der Waals surface area (Å²) in [5.74, 6) is -0.350. The number of carbonyl (C=O) groups is 1. The maximum absolute atomic E-state index is 12.5. The number of nitro benzene ring substituents is 1. The molecule has 0 saturated carbocycles. The number of methoxy groups -OCH3 is 2. The van der Waals surface area contributed by atoms with Gasteiger partial charge < -0.3 is 14.4 Å². The number of hydrogen-bond donors (Lipinski definition) is 0. The topological polar surface area (TPSA) is 81.9 Å². The number of nitro groups is 1. The van der Waals surface area contributed by atoms with Crippen molar-refractivity contribution >= 4 is 27.5 Å². The van der Waals surface area contributed by atoms with Crippen LogP contribution in [0.5, 0.6) is 5.75 Å². The first-order chi connectivity index (χ1) is 10.1. The first-order valence-electron chi connectivity index (χ1n) is 6.22. The van der Waals surface area contributed by atoms with E-state index in [-0.39, 0.29) is 22.9 Å². The SMILES string of the molecule is COCCN(CCBr)C(=O)c1cccc([N+](=O)[O-])c1OC. The molecule has 0 aromatic heterocycles. The minimum atomic E-state index is -0.570. The van der Waals surface area contributed by atoms with E-state index < -0.39 is 4.92 Å². The number of carbonyl (C=O) groups excluding carboxylic acids is 1. The molecule has 0 heterocycles. The zero-order valence-corrected chi connectivity index (χ0v) is 13.5. The molecule has 0 spiro atoms. The number of benzene rings is 1. The maximum atomic E-state index is 12.5. The van der Waals surface area contributed by atoms with Crippen LogP contribution in [0.1, 0.15) is 10.4 Å². The molecule has 0 N–H and O–H groups in total. The van der Waals surface area contributed by atoms with Crippen LogP contribution in [0.4, 0.5) is 5.69 Å². The number of rotatable bonds is 8. The van der Waals surface area contributed by atoms with Crippen molar-refractivity contribution in [1.29, 1.82) is 0 Å². The average molecular weight is 361 g/mol. The van der Waals surface area contributed by atoms with Crippen molar-refractivity contribution in [2.24, 2.45) is 0 Å². The molecule has 0 aliphatic heterocycles. The summed E-state index contributed by atoms with van der Waals surface area (Å²) in [5, 5.41) is 11.6. The third kappa shape index (κ3) is 4.40. The van der Waals surface area contributed by atoms with Gasteiger partial charge in [-0.25, -0.2) is 0 Å². The van der Waals surface area contributed by atoms with E-state index in [1.807, 2.05) is 0 Å². The molecular weight excluding hydrogens is 344 g/mol. The molecular formula is C13H17BrN2O5. The second-order valence-corrected chi connectivity index (χ2v) is 4.88. The summed E-state index contributed by atoms with van der Waals surface area (Å²) >= 11 is 3.28. The minimum Gasteiger partial charge on any atom is -0.490 e. The summed E-state index contributed by atoms with van der Waals surface area (Å²) in [6.45, 7) is 1.25. The molecule has 21 heavy (non-hydrogen) atoms. The van der Waals surface area contributed by atoms with Crippen molar-refractivity contribution in [2.75, 3.05) is 39.2 Å². The predicted octanol–water partition coefficient (Wildman–Crippen LogP) is 2.09. The molecule has 7 nitrogen and oxygen atoms in total. The molecule has 1 aromatic carbocycles. The van der Waals surface area contributed by atoms with Crippen LogP contribution in [-0.2, 0) is 4.74 Å². The van der Waals surface area contributed by atoms with Gasteiger partial charge in [-0.1, -0.05) is 22.0 Å². The van der Waals surface area contributed by atoms with Gasteiger partial charge in [-0.2, -0.15) is 0 Å². The molecule has 0 radical (unpaired) electrons. The lowest BCUT2D eigenvalue weighted by molar-refractivity contribution is -0.385. The highest BCUT2D eigenvalue weighted by atomic mass is 79.9. The van der Waals surface area contributed by atoms with E-state index in [0.717, 1.165) is 0 Å². The van der Waals surface area contributed by atoms with Crippen LogP contribution in [0.2, 0.25) is 0 Å². The Balaban J connectivity index is 3.14. The van der Waals surface area contributed by atoms with Crippen LogP contribution in [0.3, 0.4) is 0 Å². The maximum Gasteiger partial charge on any atom is 0.311 e. The number of amides is 1. The average Bonchev–Trinajstić information content (AvgIpc) is 2.49. The standard InChI is InChI=1S/C13H17BrN2O5/c1-20-9-8-15(7-6-14)13(17)10-4-3-5-11(16(18)19)12(10)21-2/h3-5H,6-9H2,1-2H3. The Bertz CT molecular complexity index is 509. The first kappa shape index (κ1) is 17.4. The number of halogens is 1. The van der Waals surface area contributed by atoms with Gasteiger partial charge in [0, 0.05) is 31.6 Å². The number of ether oxygens (including phenoxy) is 2. The molecule has 1 rings (SSSR count). The fourth-order valence-electron chi connectivity index (χ4n) is 1.84. The first-order valence-corrected chi connectivity index (χ1v) is 7.34. The summed E-state index contributed by atoms with van der Waals surface area (Å²) in [7, 11) is 2.85. The molecule has 116 valence electrons. The quantitative estimate of drug-likeness (QED) is 0.402. The zero-order valence-electron chi connectivity index (χ0n) is 11.9. The van der Waals surface area contributed by atoms with E-state index in [0.29, 0.717) is 25.0 Å². The Morgan fingerprint density at radius 2 is 2.10 bits per heavy atom. The Labute approximate surface area is 131 Å². The Kier molecular flexibility index (Phi) is 7.10. The van der Waals surface area contributed by atoms with Gasteiger partial charge in [-0.3, -0.25) is 14.9 Å². The van der Waals surface area contributed by atoms with Crippen molar-refractivity contribution in [2.45, 2.75) is 0 Å². The summed E-state index contributed by atoms with van der Waals surface area (Å²) in [6, 6.07) is 4.29. The summed E-state index contributed by atoms with van der Waals surface area (Å²) in [4.78, 5) is 24.5. The fourth-order valence-corrected chi connectivity index (χ4v) is 2.27. The third-order valence-electron chi connectivity index (χ3n) is 2.83. The summed E-state index contributed by atoms with van der Waals surface area (Å²) < 4.78 is 10.0. The number of para-hydroxylation sites is 1. The van der Waals surface area contributed by atoms with Crippen LogP contribution in [0.15, 0.2) is 18.2 Å². The highest BCUT2D eigenvalue weighted by Gasteiger charge is 2.25. The van der Waals surface area contributed by atoms with E-state index in [2.05, 4.69) is 15.9 Å². The largest absolute Gasteiger partial charge is 0.490 e. The lowest BCUT2D eigenvalue weighted by Crippen LogP contribution is -2.35. The molecule has 0 aliphatic rings. The molecule has 0 aliphatic carbocycles. The number of alkyl halides is 1. The van der Waals surface area contributed by atoms with Crippen molar-refractivity contribution in [3.8, 4) is 5.75 Å². The van der Waals surface area contributed by atoms with Crippen LogP contribution in [-0.4, -0.2) is 55.0 Å². The lowest BCUT2D eigenvalue weighted by atomic mass is 10.1. The molecule has 0 unspecified atom stereocenters. The van der Waals surface area contributed by atoms with Crippen molar-refractivity contribution in [3.63, 3.8) is 0 Å². The van der Waals surface area contributed by atoms with E-state index in [4.69, 9.17) is 9.47 Å². The third-order valence-corrected chi connectivity index (χ3v) is 3.19. The highest BCUT2D eigenvalue weighted by Crippen LogP contribution is 2.31. The van der Waals surface area contributed by atoms with E-state index in [9.17, 15) is 14.9 Å². The molecule has 0 bridgehead atoms. The van der Waals surface area contributed by atoms with Gasteiger partial charge in [0.2, 0.25) is 5.75 Å². The van der Waals surface area contributed by atoms with Crippen molar-refractivity contribution in [3.05, 3.63) is 33.9 Å². The predicted molar refractivity (Wildman–Crippen MR) is 81.2 cm³/mol. The van der Waals surface area contributed by atoms with E-state index in [1.54, 1.807) is 12.0 Å². The van der Waals surface area contributed by atoms with Gasteiger partial charge in [-0.15, -0.1) is 0 Å². The van der Waals surface area contributed by atoms with Crippen LogP contribution in [0, 0.1) is 10.1 Å². The molecule has 8 heteroatoms. The Hall–Kier alpha value is -1.67. The smallest absolute Gasteiger partial charge is 0.311 e. The monoisotopic (exact) mass is 360 g/mol. The minimum absolute atomic E-state index is 0.0236. The van der Waals surface area contributed by atoms with Crippen molar-refractivity contribution in [1.82, 2.24) is 4.90 Å². The fraction of sp³-hybridized carbons (Fsp3) is 0.462. The van der Waals surface area contributed by atoms with Crippen LogP contribution in [0.25, 0.3) is 0 Å². The normalized spacial score (nSPS) is 10.2. The molecule has 0 fully saturated rings. The Morgan fingerprint density at radius 1 is 1.38 bits per heavy atom. The van der Waals surface area contributed by atoms with Gasteiger partial charge in [0.05, 0.1) is 24.2 Å². The second kappa shape index (κ2) is 8.58. The van der Waals surface area contributed by atoms with E-state index in [1.165, 1.54) is 25.3 Å². The molecule has 0 saturated heterocycles. The molecule has 1 aromatic rings. The summed E-state index contributed by atoms with van der Waals surface area (Å²) in [5.41, 5.74) is -0.0577. The molecule has 0 atom stereocenters. The summed E-state index contributed by atoms with van der Waals surface area (Å²) in [6.07, 6.45) is 0. The van der Waals surface area contributed by atoms with Crippen LogP contribution < -0.4 is 4.74 Å². The number of hydrogen-bond acceptors (Lipinski definition) is 5. The molecule has 1 amide bonds. The van der Waals surface area contributed by atoms with Gasteiger partial charge >= 0.3 is 5.69 Å². The van der Waals surface area contributed by atoms with Gasteiger partial charge in [0.25, 0.3) is 5.91 Å². The zero-order chi connectivity index (χ0) is 15.8. The highest BCUT2D eigenvalue weighted by molar-refractivity contribution is 9.09. The van der Waals surface area contributed by atoms with Gasteiger partial charge in [0.15, 0.2) is 0 Å². The van der Waals surface area contributed by atoms with Gasteiger partial charge in [-0.05, 0) is 6.07 Å². The van der Waals surface area contributed by atoms with Gasteiger partial charge in [0.1, 0.15) is 0 Å². The van der Waals surface area contributed by atoms with E-state index >= 15 is 0 Å². The second-order valence-electron chi connectivity index (χ2n) is 4.09. The van der Waals surface area contributed by atoms with Crippen LogP contribution >= 0.6 is 15.9 Å². The van der Waals surface area contributed by atoms with Crippen molar-refractivity contribution < 1.29 is 19.2 Å².